The van der Waals surface area contributed by atoms with E-state index < -0.39 is 18.2 Å². The molecule has 0 atom stereocenters. The molecule has 33 heavy (non-hydrogen) atoms. The van der Waals surface area contributed by atoms with Crippen LogP contribution in [0.25, 0.3) is 21.9 Å². The average Bonchev–Trinajstić information content (AvgIpc) is 2.80. The number of fused-ring (bicyclic) bond motifs is 1. The predicted octanol–water partition coefficient (Wildman–Crippen LogP) is 7.57. The Morgan fingerprint density at radius 2 is 1.55 bits per heavy atom. The van der Waals surface area contributed by atoms with Gasteiger partial charge in [-0.2, -0.15) is 8.78 Å². The Balaban J connectivity index is 1.51. The summed E-state index contributed by atoms with van der Waals surface area (Å²) < 4.78 is 63.2. The lowest BCUT2D eigenvalue weighted by Crippen LogP contribution is -2.04. The van der Waals surface area contributed by atoms with Crippen LogP contribution in [0.1, 0.15) is 18.1 Å². The number of benzene rings is 4. The number of aryl methyl sites for hydroxylation is 2. The molecule has 0 aliphatic carbocycles. The molecule has 6 heteroatoms. The van der Waals surface area contributed by atoms with E-state index in [4.69, 9.17) is 4.74 Å². The second kappa shape index (κ2) is 9.94. The van der Waals surface area contributed by atoms with Gasteiger partial charge in [-0.25, -0.2) is 8.78 Å². The SMILES string of the molecule is CCOc1ccc(-c2ccc3c(F)c(CCc4ccc(OC(F)F)c(F)c4)ccc3c2)cc1. The fourth-order valence-electron chi connectivity index (χ4n) is 3.79. The van der Waals surface area contributed by atoms with E-state index in [9.17, 15) is 13.2 Å². The van der Waals surface area contributed by atoms with Gasteiger partial charge in [-0.3, -0.25) is 0 Å². The van der Waals surface area contributed by atoms with Crippen LogP contribution in [-0.2, 0) is 12.8 Å². The first-order valence-electron chi connectivity index (χ1n) is 10.6. The van der Waals surface area contributed by atoms with E-state index in [1.54, 1.807) is 12.1 Å². The number of alkyl halides is 2. The first-order valence-corrected chi connectivity index (χ1v) is 10.6. The van der Waals surface area contributed by atoms with E-state index in [2.05, 4.69) is 4.74 Å². The molecule has 4 aromatic rings. The molecule has 4 aromatic carbocycles. The van der Waals surface area contributed by atoms with Crippen LogP contribution in [0.4, 0.5) is 17.6 Å². The van der Waals surface area contributed by atoms with Crippen molar-refractivity contribution in [2.24, 2.45) is 0 Å². The molecule has 170 valence electrons. The molecule has 0 spiro atoms. The van der Waals surface area contributed by atoms with Gasteiger partial charge in [0.2, 0.25) is 0 Å². The summed E-state index contributed by atoms with van der Waals surface area (Å²) in [7, 11) is 0. The number of hydrogen-bond donors (Lipinski definition) is 0. The van der Waals surface area contributed by atoms with Crippen molar-refractivity contribution in [1.29, 1.82) is 0 Å². The molecule has 0 unspecified atom stereocenters. The molecule has 0 aromatic heterocycles. The maximum Gasteiger partial charge on any atom is 0.387 e. The Labute approximate surface area is 189 Å². The van der Waals surface area contributed by atoms with Crippen LogP contribution in [-0.4, -0.2) is 13.2 Å². The fourth-order valence-corrected chi connectivity index (χ4v) is 3.79. The molecule has 4 rings (SSSR count). The predicted molar refractivity (Wildman–Crippen MR) is 121 cm³/mol. The number of rotatable bonds is 8. The van der Waals surface area contributed by atoms with Crippen molar-refractivity contribution >= 4 is 10.8 Å². The highest BCUT2D eigenvalue weighted by Crippen LogP contribution is 2.29. The second-order valence-electron chi connectivity index (χ2n) is 7.58. The minimum Gasteiger partial charge on any atom is -0.494 e. The summed E-state index contributed by atoms with van der Waals surface area (Å²) in [4.78, 5) is 0. The molecule has 2 nitrogen and oxygen atoms in total. The maximum atomic E-state index is 15.1. The van der Waals surface area contributed by atoms with Gasteiger partial charge >= 0.3 is 6.61 Å². The molecular formula is C27H22F4O2. The molecule has 0 N–H and O–H groups in total. The Bertz CT molecular complexity index is 1250. The van der Waals surface area contributed by atoms with Crippen molar-refractivity contribution in [1.82, 2.24) is 0 Å². The van der Waals surface area contributed by atoms with Crippen molar-refractivity contribution in [2.45, 2.75) is 26.4 Å². The third-order valence-corrected chi connectivity index (χ3v) is 5.43. The summed E-state index contributed by atoms with van der Waals surface area (Å²) >= 11 is 0. The van der Waals surface area contributed by atoms with Crippen LogP contribution in [0.3, 0.4) is 0 Å². The molecule has 0 bridgehead atoms. The standard InChI is InChI=1S/C27H22F4O2/c1-2-32-22-11-8-18(9-12-22)20-10-13-23-21(16-20)7-6-19(26(23)29)5-3-17-4-14-25(24(28)15-17)33-27(30)31/h4,6-16,27H,2-3,5H2,1H3. The quantitative estimate of drug-likeness (QED) is 0.256. The zero-order valence-electron chi connectivity index (χ0n) is 18.0. The molecule has 0 saturated heterocycles. The van der Waals surface area contributed by atoms with Gasteiger partial charge in [-0.05, 0) is 77.7 Å². The average molecular weight is 454 g/mol. The smallest absolute Gasteiger partial charge is 0.387 e. The molecule has 0 aliphatic heterocycles. The molecule has 0 fully saturated rings. The molecule has 0 amide bonds. The monoisotopic (exact) mass is 454 g/mol. The minimum atomic E-state index is -3.09. The first-order chi connectivity index (χ1) is 15.9. The molecule has 0 aliphatic rings. The van der Waals surface area contributed by atoms with Gasteiger partial charge < -0.3 is 9.47 Å². The third kappa shape index (κ3) is 5.28. The molecule has 0 heterocycles. The van der Waals surface area contributed by atoms with E-state index in [1.807, 2.05) is 49.4 Å². The largest absolute Gasteiger partial charge is 0.494 e. The molecule has 0 saturated carbocycles. The van der Waals surface area contributed by atoms with Gasteiger partial charge in [0, 0.05) is 5.39 Å². The first kappa shape index (κ1) is 22.6. The molecule has 0 radical (unpaired) electrons. The van der Waals surface area contributed by atoms with Crippen LogP contribution in [0.5, 0.6) is 11.5 Å². The van der Waals surface area contributed by atoms with E-state index in [1.165, 1.54) is 6.07 Å². The van der Waals surface area contributed by atoms with Crippen LogP contribution in [0.15, 0.2) is 72.8 Å². The van der Waals surface area contributed by atoms with Crippen LogP contribution in [0.2, 0.25) is 0 Å². The van der Waals surface area contributed by atoms with Gasteiger partial charge in [0.25, 0.3) is 0 Å². The lowest BCUT2D eigenvalue weighted by molar-refractivity contribution is -0.0522. The van der Waals surface area contributed by atoms with Gasteiger partial charge in [-0.1, -0.05) is 42.5 Å². The summed E-state index contributed by atoms with van der Waals surface area (Å²) in [6.45, 7) is -0.559. The Morgan fingerprint density at radius 3 is 2.24 bits per heavy atom. The van der Waals surface area contributed by atoms with E-state index in [0.29, 0.717) is 36.0 Å². The minimum absolute atomic E-state index is 0.316. The number of ether oxygens (including phenoxy) is 2. The summed E-state index contributed by atoms with van der Waals surface area (Å²) in [5.74, 6) is -0.889. The van der Waals surface area contributed by atoms with Crippen LogP contribution < -0.4 is 9.47 Å². The van der Waals surface area contributed by atoms with Crippen molar-refractivity contribution < 1.29 is 27.0 Å². The number of halogens is 4. The highest BCUT2D eigenvalue weighted by atomic mass is 19.3. The van der Waals surface area contributed by atoms with Crippen molar-refractivity contribution in [3.05, 3.63) is 95.6 Å². The molecular weight excluding hydrogens is 432 g/mol. The van der Waals surface area contributed by atoms with Gasteiger partial charge in [0.1, 0.15) is 11.6 Å². The van der Waals surface area contributed by atoms with Gasteiger partial charge in [0.05, 0.1) is 6.61 Å². The summed E-state index contributed by atoms with van der Waals surface area (Å²) in [6, 6.07) is 20.7. The lowest BCUT2D eigenvalue weighted by Gasteiger charge is -2.10. The normalized spacial score (nSPS) is 11.2. The van der Waals surface area contributed by atoms with Crippen molar-refractivity contribution in [2.75, 3.05) is 6.61 Å². The Hall–Kier alpha value is -3.54. The fraction of sp³-hybridized carbons (Fsp3) is 0.185. The zero-order valence-corrected chi connectivity index (χ0v) is 18.0. The van der Waals surface area contributed by atoms with Gasteiger partial charge in [0.15, 0.2) is 11.6 Å². The Morgan fingerprint density at radius 1 is 0.788 bits per heavy atom. The number of hydrogen-bond acceptors (Lipinski definition) is 2. The van der Waals surface area contributed by atoms with Crippen LogP contribution in [0, 0.1) is 11.6 Å². The summed E-state index contributed by atoms with van der Waals surface area (Å²) in [5, 5.41) is 1.29. The second-order valence-corrected chi connectivity index (χ2v) is 7.58. The van der Waals surface area contributed by atoms with Crippen LogP contribution >= 0.6 is 0 Å². The third-order valence-electron chi connectivity index (χ3n) is 5.43. The lowest BCUT2D eigenvalue weighted by atomic mass is 9.97. The summed E-state index contributed by atoms with van der Waals surface area (Å²) in [5.41, 5.74) is 3.05. The van der Waals surface area contributed by atoms with E-state index in [0.717, 1.165) is 34.4 Å². The summed E-state index contributed by atoms with van der Waals surface area (Å²) in [6.07, 6.45) is 0.704. The zero-order chi connectivity index (χ0) is 23.4. The van der Waals surface area contributed by atoms with Crippen molar-refractivity contribution in [3.8, 4) is 22.6 Å². The van der Waals surface area contributed by atoms with Crippen molar-refractivity contribution in [3.63, 3.8) is 0 Å². The maximum absolute atomic E-state index is 15.1. The highest BCUT2D eigenvalue weighted by molar-refractivity contribution is 5.88. The topological polar surface area (TPSA) is 18.5 Å². The van der Waals surface area contributed by atoms with Gasteiger partial charge in [-0.15, -0.1) is 0 Å². The Kier molecular flexibility index (Phi) is 6.82. The van der Waals surface area contributed by atoms with E-state index in [-0.39, 0.29) is 5.82 Å². The van der Waals surface area contributed by atoms with E-state index >= 15 is 4.39 Å². The highest BCUT2D eigenvalue weighted by Gasteiger charge is 2.12.